The molecule has 10 heteroatoms. The third kappa shape index (κ3) is 4.89. The fourth-order valence-electron chi connectivity index (χ4n) is 2.43. The molecule has 1 saturated heterocycles. The monoisotopic (exact) mass is 375 g/mol. The van der Waals surface area contributed by atoms with Crippen molar-refractivity contribution >= 4 is 16.0 Å². The minimum absolute atomic E-state index is 0.197. The number of morpholine rings is 1. The van der Waals surface area contributed by atoms with E-state index in [2.05, 4.69) is 9.97 Å². The first-order valence-electron chi connectivity index (χ1n) is 7.82. The molecular weight excluding hydrogens is 358 g/mol. The Hall–Kier alpha value is -2.74. The number of rotatable bonds is 5. The third-order valence-corrected chi connectivity index (χ3v) is 4.35. The van der Waals surface area contributed by atoms with Crippen molar-refractivity contribution in [3.05, 3.63) is 41.6 Å². The Bertz CT molecular complexity index is 919. The molecule has 136 valence electrons. The fraction of sp³-hybridized carbons (Fsp3) is 0.312. The second kappa shape index (κ2) is 7.65. The molecule has 0 saturated carbocycles. The second-order valence-corrected chi connectivity index (χ2v) is 7.27. The van der Waals surface area contributed by atoms with Gasteiger partial charge in [-0.1, -0.05) is 12.1 Å². The maximum atomic E-state index is 11.1. The number of nitriles is 1. The van der Waals surface area contributed by atoms with Gasteiger partial charge in [0.05, 0.1) is 19.0 Å². The molecular formula is C16H17N5O4S. The Labute approximate surface area is 151 Å². The highest BCUT2D eigenvalue weighted by atomic mass is 32.2. The van der Waals surface area contributed by atoms with Gasteiger partial charge in [-0.3, -0.25) is 0 Å². The Balaban J connectivity index is 1.79. The molecule has 2 aromatic rings. The molecule has 26 heavy (non-hydrogen) atoms. The summed E-state index contributed by atoms with van der Waals surface area (Å²) in [5, 5.41) is 14.2. The molecule has 1 aliphatic rings. The van der Waals surface area contributed by atoms with Crippen LogP contribution in [0.2, 0.25) is 0 Å². The van der Waals surface area contributed by atoms with Gasteiger partial charge >= 0.3 is 0 Å². The summed E-state index contributed by atoms with van der Waals surface area (Å²) >= 11 is 0. The van der Waals surface area contributed by atoms with E-state index in [1.54, 1.807) is 24.3 Å². The number of nitrogens with zero attached hydrogens (tertiary/aromatic N) is 4. The molecule has 2 N–H and O–H groups in total. The molecule has 0 aliphatic carbocycles. The van der Waals surface area contributed by atoms with E-state index < -0.39 is 10.0 Å². The molecule has 1 aliphatic heterocycles. The van der Waals surface area contributed by atoms with Crippen molar-refractivity contribution in [1.29, 1.82) is 5.26 Å². The Kier molecular flexibility index (Phi) is 5.32. The van der Waals surface area contributed by atoms with Crippen LogP contribution in [0.15, 0.2) is 30.3 Å². The van der Waals surface area contributed by atoms with Crippen LogP contribution in [0.3, 0.4) is 0 Å². The minimum Gasteiger partial charge on any atom is -0.439 e. The van der Waals surface area contributed by atoms with Gasteiger partial charge in [0.2, 0.25) is 21.9 Å². The van der Waals surface area contributed by atoms with Crippen LogP contribution in [-0.2, 0) is 20.5 Å². The van der Waals surface area contributed by atoms with Gasteiger partial charge in [0.1, 0.15) is 17.5 Å². The van der Waals surface area contributed by atoms with Crippen LogP contribution >= 0.6 is 0 Å². The van der Waals surface area contributed by atoms with Gasteiger partial charge in [0.15, 0.2) is 0 Å². The van der Waals surface area contributed by atoms with Crippen LogP contribution in [0.25, 0.3) is 0 Å². The van der Waals surface area contributed by atoms with Crippen LogP contribution in [0.1, 0.15) is 11.3 Å². The van der Waals surface area contributed by atoms with Crippen LogP contribution < -0.4 is 14.8 Å². The zero-order chi connectivity index (χ0) is 18.6. The summed E-state index contributed by atoms with van der Waals surface area (Å²) in [6.45, 7) is 2.41. The Morgan fingerprint density at radius 3 is 2.54 bits per heavy atom. The highest BCUT2D eigenvalue weighted by molar-refractivity contribution is 7.88. The first-order valence-corrected chi connectivity index (χ1v) is 9.54. The van der Waals surface area contributed by atoms with E-state index in [0.717, 1.165) is 0 Å². The van der Waals surface area contributed by atoms with Crippen molar-refractivity contribution in [3.8, 4) is 17.7 Å². The number of hydrogen-bond donors (Lipinski definition) is 1. The number of anilines is 1. The predicted octanol–water partition coefficient (Wildman–Crippen LogP) is 0.766. The highest BCUT2D eigenvalue weighted by Crippen LogP contribution is 2.23. The molecule has 0 spiro atoms. The standard InChI is InChI=1S/C16H17N5O4S/c17-10-13-9-15(20-16(19-13)21-5-7-24-8-6-21)25-14-3-1-12(2-4-14)11-26(18,22)23/h1-4,9H,5-8,11H2,(H2,18,22,23). The van der Waals surface area contributed by atoms with Crippen molar-refractivity contribution in [2.75, 3.05) is 31.2 Å². The van der Waals surface area contributed by atoms with Crippen molar-refractivity contribution in [3.63, 3.8) is 0 Å². The average molecular weight is 375 g/mol. The first kappa shape index (κ1) is 18.1. The molecule has 9 nitrogen and oxygen atoms in total. The zero-order valence-electron chi connectivity index (χ0n) is 13.8. The number of ether oxygens (including phenoxy) is 2. The largest absolute Gasteiger partial charge is 0.439 e. The Morgan fingerprint density at radius 1 is 1.23 bits per heavy atom. The van der Waals surface area contributed by atoms with Crippen LogP contribution in [0.5, 0.6) is 11.6 Å². The van der Waals surface area contributed by atoms with Gasteiger partial charge in [0.25, 0.3) is 0 Å². The third-order valence-electron chi connectivity index (χ3n) is 3.61. The summed E-state index contributed by atoms with van der Waals surface area (Å²) in [6.07, 6.45) is 0. The smallest absolute Gasteiger partial charge is 0.230 e. The van der Waals surface area contributed by atoms with E-state index in [9.17, 15) is 13.7 Å². The molecule has 0 unspecified atom stereocenters. The van der Waals surface area contributed by atoms with Gasteiger partial charge in [-0.2, -0.15) is 10.2 Å². The predicted molar refractivity (Wildman–Crippen MR) is 93.1 cm³/mol. The van der Waals surface area contributed by atoms with Crippen LogP contribution in [-0.4, -0.2) is 44.7 Å². The molecule has 2 heterocycles. The van der Waals surface area contributed by atoms with Gasteiger partial charge in [0, 0.05) is 19.2 Å². The van der Waals surface area contributed by atoms with E-state index in [4.69, 9.17) is 14.6 Å². The van der Waals surface area contributed by atoms with E-state index in [1.165, 1.54) is 6.07 Å². The lowest BCUT2D eigenvalue weighted by Crippen LogP contribution is -2.37. The molecule has 0 radical (unpaired) electrons. The van der Waals surface area contributed by atoms with Crippen molar-refractivity contribution < 1.29 is 17.9 Å². The summed E-state index contributed by atoms with van der Waals surface area (Å²) in [4.78, 5) is 10.5. The lowest BCUT2D eigenvalue weighted by Gasteiger charge is -2.26. The number of primary sulfonamides is 1. The summed E-state index contributed by atoms with van der Waals surface area (Å²) < 4.78 is 33.2. The van der Waals surface area contributed by atoms with E-state index in [0.29, 0.717) is 43.6 Å². The van der Waals surface area contributed by atoms with Gasteiger partial charge in [-0.15, -0.1) is 0 Å². The topological polar surface area (TPSA) is 131 Å². The Morgan fingerprint density at radius 2 is 1.92 bits per heavy atom. The number of aromatic nitrogens is 2. The molecule has 3 rings (SSSR count). The van der Waals surface area contributed by atoms with E-state index >= 15 is 0 Å². The summed E-state index contributed by atoms with van der Waals surface area (Å²) in [6, 6.07) is 9.89. The van der Waals surface area contributed by atoms with Gasteiger partial charge < -0.3 is 14.4 Å². The summed E-state index contributed by atoms with van der Waals surface area (Å²) in [5.41, 5.74) is 0.747. The highest BCUT2D eigenvalue weighted by Gasteiger charge is 2.16. The number of nitrogens with two attached hydrogens (primary N) is 1. The molecule has 0 bridgehead atoms. The van der Waals surface area contributed by atoms with Crippen LogP contribution in [0.4, 0.5) is 5.95 Å². The first-order chi connectivity index (χ1) is 12.4. The number of benzene rings is 1. The molecule has 0 atom stereocenters. The lowest BCUT2D eigenvalue weighted by atomic mass is 10.2. The average Bonchev–Trinajstić information content (AvgIpc) is 2.62. The van der Waals surface area contributed by atoms with E-state index in [1.807, 2.05) is 11.0 Å². The summed E-state index contributed by atoms with van der Waals surface area (Å²) in [7, 11) is -3.59. The number of sulfonamides is 1. The molecule has 1 aromatic carbocycles. The van der Waals surface area contributed by atoms with Crippen molar-refractivity contribution in [2.45, 2.75) is 5.75 Å². The minimum atomic E-state index is -3.59. The van der Waals surface area contributed by atoms with Gasteiger partial charge in [-0.05, 0) is 17.7 Å². The van der Waals surface area contributed by atoms with Crippen molar-refractivity contribution in [2.24, 2.45) is 5.14 Å². The quantitative estimate of drug-likeness (QED) is 0.810. The summed E-state index contributed by atoms with van der Waals surface area (Å²) in [5.74, 6) is 0.852. The lowest BCUT2D eigenvalue weighted by molar-refractivity contribution is 0.122. The van der Waals surface area contributed by atoms with Gasteiger partial charge in [-0.25, -0.2) is 18.5 Å². The second-order valence-electron chi connectivity index (χ2n) is 5.66. The van der Waals surface area contributed by atoms with E-state index in [-0.39, 0.29) is 17.3 Å². The fourth-order valence-corrected chi connectivity index (χ4v) is 3.09. The maximum Gasteiger partial charge on any atom is 0.230 e. The van der Waals surface area contributed by atoms with Crippen LogP contribution in [0, 0.1) is 11.3 Å². The molecule has 1 fully saturated rings. The van der Waals surface area contributed by atoms with Crippen molar-refractivity contribution in [1.82, 2.24) is 9.97 Å². The molecule has 1 aromatic heterocycles. The molecule has 0 amide bonds. The normalized spacial score (nSPS) is 14.7. The SMILES string of the molecule is N#Cc1cc(Oc2ccc(CS(N)(=O)=O)cc2)nc(N2CCOCC2)n1. The maximum absolute atomic E-state index is 11.1. The number of hydrogen-bond acceptors (Lipinski definition) is 8. The zero-order valence-corrected chi connectivity index (χ0v) is 14.6.